The van der Waals surface area contributed by atoms with Crippen LogP contribution in [0.1, 0.15) is 81.9 Å². The molecule has 0 N–H and O–H groups in total. The first-order chi connectivity index (χ1) is 18.5. The summed E-state index contributed by atoms with van der Waals surface area (Å²) < 4.78 is 50.7. The number of unbranched alkanes of at least 4 members (excludes halogenated alkanes) is 6. The lowest BCUT2D eigenvalue weighted by molar-refractivity contribution is -0.00528. The van der Waals surface area contributed by atoms with Crippen LogP contribution in [0.3, 0.4) is 0 Å². The van der Waals surface area contributed by atoms with E-state index >= 15 is 4.39 Å². The normalized spacial score (nSPS) is 17.5. The highest BCUT2D eigenvalue weighted by atomic mass is 19.2. The molecule has 3 aromatic carbocycles. The van der Waals surface area contributed by atoms with Gasteiger partial charge < -0.3 is 4.74 Å². The zero-order valence-corrected chi connectivity index (χ0v) is 22.5. The van der Waals surface area contributed by atoms with Crippen LogP contribution in [0.2, 0.25) is 0 Å². The van der Waals surface area contributed by atoms with Gasteiger partial charge in [0.2, 0.25) is 0 Å². The highest BCUT2D eigenvalue weighted by Gasteiger charge is 2.22. The molecule has 1 saturated heterocycles. The molecule has 4 heteroatoms. The molecule has 0 bridgehead atoms. The Kier molecular flexibility index (Phi) is 10.2. The Hall–Kier alpha value is -2.85. The Labute approximate surface area is 225 Å². The topological polar surface area (TPSA) is 9.23 Å². The van der Waals surface area contributed by atoms with Gasteiger partial charge in [0.15, 0.2) is 11.6 Å². The maximum Gasteiger partial charge on any atom is 0.166 e. The van der Waals surface area contributed by atoms with E-state index in [1.54, 1.807) is 48.5 Å². The van der Waals surface area contributed by atoms with Crippen molar-refractivity contribution in [1.29, 1.82) is 0 Å². The summed E-state index contributed by atoms with van der Waals surface area (Å²) in [5.41, 5.74) is 3.21. The minimum Gasteiger partial charge on any atom is -0.373 e. The summed E-state index contributed by atoms with van der Waals surface area (Å²) in [6, 6.07) is 15.5. The maximum absolute atomic E-state index is 15.0. The van der Waals surface area contributed by atoms with Crippen LogP contribution in [-0.2, 0) is 11.2 Å². The van der Waals surface area contributed by atoms with E-state index in [4.69, 9.17) is 4.74 Å². The number of aryl methyl sites for hydroxylation is 1. The Morgan fingerprint density at radius 2 is 1.45 bits per heavy atom. The fourth-order valence-corrected chi connectivity index (χ4v) is 5.29. The van der Waals surface area contributed by atoms with E-state index in [9.17, 15) is 8.78 Å². The summed E-state index contributed by atoms with van der Waals surface area (Å²) in [6.07, 6.45) is 12.1. The molecule has 0 amide bonds. The fraction of sp³-hybridized carbons (Fsp3) is 0.412. The molecular weight excluding hydrogens is 481 g/mol. The van der Waals surface area contributed by atoms with Gasteiger partial charge in [-0.2, -0.15) is 0 Å². The van der Waals surface area contributed by atoms with Gasteiger partial charge in [0.25, 0.3) is 0 Å². The molecule has 1 aliphatic heterocycles. The largest absolute Gasteiger partial charge is 0.373 e. The van der Waals surface area contributed by atoms with Crippen LogP contribution in [0, 0.1) is 23.4 Å². The number of ether oxygens (including phenoxy) is 1. The molecule has 2 unspecified atom stereocenters. The molecule has 38 heavy (non-hydrogen) atoms. The van der Waals surface area contributed by atoms with Crippen molar-refractivity contribution in [2.75, 3.05) is 6.61 Å². The van der Waals surface area contributed by atoms with Gasteiger partial charge in [0.05, 0.1) is 12.7 Å². The predicted octanol–water partition coefficient (Wildman–Crippen LogP) is 10.4. The van der Waals surface area contributed by atoms with Gasteiger partial charge in [-0.1, -0.05) is 100 Å². The van der Waals surface area contributed by atoms with E-state index in [0.29, 0.717) is 41.2 Å². The molecule has 3 aromatic rings. The summed E-state index contributed by atoms with van der Waals surface area (Å²) in [5.74, 6) is -1.55. The molecule has 1 aliphatic rings. The first kappa shape index (κ1) is 28.2. The standard InChI is InChI=1S/C34H39F3O/c1-3-5-6-7-8-9-10-11-27-17-20-30(34(37)33(27)36)26-15-13-25(14-16-26)29-19-18-28(22-31(29)35)32-21-12-24(4-2)23-38-32/h4,13-20,22,24,32H,2-3,5-12,21,23H2,1H3. The first-order valence-corrected chi connectivity index (χ1v) is 14.1. The van der Waals surface area contributed by atoms with Crippen LogP contribution in [0.15, 0.2) is 67.3 Å². The summed E-state index contributed by atoms with van der Waals surface area (Å²) in [4.78, 5) is 0. The number of halogens is 3. The lowest BCUT2D eigenvalue weighted by Gasteiger charge is -2.27. The Morgan fingerprint density at radius 3 is 2.08 bits per heavy atom. The second kappa shape index (κ2) is 13.8. The molecule has 0 saturated carbocycles. The van der Waals surface area contributed by atoms with Gasteiger partial charge in [-0.3, -0.25) is 0 Å². The number of hydrogen-bond acceptors (Lipinski definition) is 1. The van der Waals surface area contributed by atoms with Crippen molar-refractivity contribution in [2.45, 2.75) is 77.2 Å². The average molecular weight is 521 g/mol. The van der Waals surface area contributed by atoms with Gasteiger partial charge in [-0.25, -0.2) is 13.2 Å². The van der Waals surface area contributed by atoms with Crippen LogP contribution < -0.4 is 0 Å². The minimum atomic E-state index is -0.820. The van der Waals surface area contributed by atoms with Crippen molar-refractivity contribution >= 4 is 0 Å². The maximum atomic E-state index is 15.0. The van der Waals surface area contributed by atoms with Crippen LogP contribution in [-0.4, -0.2) is 6.61 Å². The summed E-state index contributed by atoms with van der Waals surface area (Å²) >= 11 is 0. The second-order valence-electron chi connectivity index (χ2n) is 10.5. The lowest BCUT2D eigenvalue weighted by atomic mass is 9.93. The van der Waals surface area contributed by atoms with Crippen molar-refractivity contribution in [3.63, 3.8) is 0 Å². The fourth-order valence-electron chi connectivity index (χ4n) is 5.29. The highest BCUT2D eigenvalue weighted by Crippen LogP contribution is 2.34. The summed E-state index contributed by atoms with van der Waals surface area (Å²) in [6.45, 7) is 6.63. The predicted molar refractivity (Wildman–Crippen MR) is 150 cm³/mol. The highest BCUT2D eigenvalue weighted by molar-refractivity contribution is 5.71. The van der Waals surface area contributed by atoms with Gasteiger partial charge in [-0.15, -0.1) is 6.58 Å². The van der Waals surface area contributed by atoms with Crippen LogP contribution in [0.5, 0.6) is 0 Å². The lowest BCUT2D eigenvalue weighted by Crippen LogP contribution is -2.19. The van der Waals surface area contributed by atoms with Crippen LogP contribution >= 0.6 is 0 Å². The minimum absolute atomic E-state index is 0.108. The monoisotopic (exact) mass is 520 g/mol. The zero-order chi connectivity index (χ0) is 26.9. The quantitative estimate of drug-likeness (QED) is 0.170. The first-order valence-electron chi connectivity index (χ1n) is 14.1. The molecular formula is C34H39F3O. The molecule has 0 radical (unpaired) electrons. The SMILES string of the molecule is C=CC1CCC(c2ccc(-c3ccc(-c4ccc(CCCCCCCCC)c(F)c4F)cc3)c(F)c2)OC1. The summed E-state index contributed by atoms with van der Waals surface area (Å²) in [7, 11) is 0. The Balaban J connectivity index is 1.39. The van der Waals surface area contributed by atoms with E-state index in [1.165, 1.54) is 25.7 Å². The zero-order valence-electron chi connectivity index (χ0n) is 22.5. The van der Waals surface area contributed by atoms with E-state index in [0.717, 1.165) is 37.7 Å². The number of hydrogen-bond donors (Lipinski definition) is 0. The van der Waals surface area contributed by atoms with Crippen molar-refractivity contribution in [3.05, 3.63) is 95.8 Å². The molecule has 4 rings (SSSR count). The van der Waals surface area contributed by atoms with Crippen molar-refractivity contribution in [3.8, 4) is 22.3 Å². The third-order valence-corrected chi connectivity index (χ3v) is 7.73. The van der Waals surface area contributed by atoms with Gasteiger partial charge in [-0.05, 0) is 54.0 Å². The number of benzene rings is 3. The van der Waals surface area contributed by atoms with Gasteiger partial charge in [0.1, 0.15) is 5.82 Å². The third-order valence-electron chi connectivity index (χ3n) is 7.73. The molecule has 1 fully saturated rings. The van der Waals surface area contributed by atoms with E-state index < -0.39 is 11.6 Å². The van der Waals surface area contributed by atoms with Gasteiger partial charge in [0, 0.05) is 17.0 Å². The molecule has 1 heterocycles. The molecule has 1 nitrogen and oxygen atoms in total. The van der Waals surface area contributed by atoms with E-state index in [2.05, 4.69) is 13.5 Å². The van der Waals surface area contributed by atoms with E-state index in [1.807, 2.05) is 12.1 Å². The molecule has 0 spiro atoms. The number of rotatable bonds is 12. The van der Waals surface area contributed by atoms with Crippen LogP contribution in [0.4, 0.5) is 13.2 Å². The second-order valence-corrected chi connectivity index (χ2v) is 10.5. The molecule has 0 aliphatic carbocycles. The molecule has 0 aromatic heterocycles. The van der Waals surface area contributed by atoms with Crippen molar-refractivity contribution in [1.82, 2.24) is 0 Å². The third kappa shape index (κ3) is 6.96. The average Bonchev–Trinajstić information content (AvgIpc) is 2.95. The molecule has 2 atom stereocenters. The smallest absolute Gasteiger partial charge is 0.166 e. The van der Waals surface area contributed by atoms with Gasteiger partial charge >= 0.3 is 0 Å². The van der Waals surface area contributed by atoms with Crippen molar-refractivity contribution in [2.24, 2.45) is 5.92 Å². The van der Waals surface area contributed by atoms with Crippen LogP contribution in [0.25, 0.3) is 22.3 Å². The molecule has 202 valence electrons. The van der Waals surface area contributed by atoms with E-state index in [-0.39, 0.29) is 17.5 Å². The van der Waals surface area contributed by atoms with Crippen molar-refractivity contribution < 1.29 is 17.9 Å². The Bertz CT molecular complexity index is 1190. The summed E-state index contributed by atoms with van der Waals surface area (Å²) in [5, 5.41) is 0. The Morgan fingerprint density at radius 1 is 0.789 bits per heavy atom.